The lowest BCUT2D eigenvalue weighted by atomic mass is 9.52. The SMILES string of the molecule is O=C([O-])C12CCC(C(=O)[O-])(CC1)C(F)(F)C2. The van der Waals surface area contributed by atoms with E-state index in [4.69, 9.17) is 0 Å². The van der Waals surface area contributed by atoms with Gasteiger partial charge in [-0.3, -0.25) is 0 Å². The molecule has 0 N–H and O–H groups in total. The molecule has 0 amide bonds. The van der Waals surface area contributed by atoms with E-state index in [0.29, 0.717) is 0 Å². The first-order valence-corrected chi connectivity index (χ1v) is 5.07. The number of hydrogen-bond acceptors (Lipinski definition) is 4. The number of fused-ring (bicyclic) bond motifs is 3. The van der Waals surface area contributed by atoms with Crippen molar-refractivity contribution >= 4 is 11.9 Å². The van der Waals surface area contributed by atoms with Crippen LogP contribution in [0.25, 0.3) is 0 Å². The van der Waals surface area contributed by atoms with E-state index in [-0.39, 0.29) is 25.7 Å². The summed E-state index contributed by atoms with van der Waals surface area (Å²) in [5.74, 6) is -6.80. The topological polar surface area (TPSA) is 80.3 Å². The Morgan fingerprint density at radius 3 is 1.75 bits per heavy atom. The molecule has 0 aromatic rings. The molecule has 0 aromatic carbocycles. The predicted octanol–water partition coefficient (Wildman–Crippen LogP) is -0.928. The van der Waals surface area contributed by atoms with Gasteiger partial charge in [-0.25, -0.2) is 8.78 Å². The lowest BCUT2D eigenvalue weighted by molar-refractivity contribution is -0.357. The maximum absolute atomic E-state index is 13.7. The van der Waals surface area contributed by atoms with Gasteiger partial charge in [-0.2, -0.15) is 0 Å². The molecule has 3 fully saturated rings. The third-order valence-electron chi connectivity index (χ3n) is 4.14. The van der Waals surface area contributed by atoms with Gasteiger partial charge < -0.3 is 19.8 Å². The maximum atomic E-state index is 13.7. The van der Waals surface area contributed by atoms with Crippen LogP contribution in [0.3, 0.4) is 0 Å². The highest BCUT2D eigenvalue weighted by Crippen LogP contribution is 2.63. The zero-order valence-corrected chi connectivity index (χ0v) is 8.42. The fourth-order valence-corrected chi connectivity index (χ4v) is 2.92. The van der Waals surface area contributed by atoms with Gasteiger partial charge in [0.1, 0.15) is 0 Å². The Balaban J connectivity index is 2.41. The van der Waals surface area contributed by atoms with Crippen LogP contribution in [-0.2, 0) is 9.59 Å². The van der Waals surface area contributed by atoms with Gasteiger partial charge in [-0.05, 0) is 25.7 Å². The highest BCUT2D eigenvalue weighted by molar-refractivity contribution is 5.79. The molecule has 0 aliphatic heterocycles. The summed E-state index contributed by atoms with van der Waals surface area (Å²) in [7, 11) is 0. The number of carbonyl (C=O) groups excluding carboxylic acids is 2. The van der Waals surface area contributed by atoms with E-state index < -0.39 is 35.1 Å². The summed E-state index contributed by atoms with van der Waals surface area (Å²) < 4.78 is 27.4. The molecule has 90 valence electrons. The van der Waals surface area contributed by atoms with Gasteiger partial charge in [0.25, 0.3) is 5.92 Å². The molecular formula is C10H10F2O4-2. The Labute approximate surface area is 90.3 Å². The van der Waals surface area contributed by atoms with Crippen molar-refractivity contribution in [2.45, 2.75) is 38.0 Å². The second-order valence-corrected chi connectivity index (χ2v) is 4.82. The van der Waals surface area contributed by atoms with Crippen molar-refractivity contribution in [3.63, 3.8) is 0 Å². The molecule has 3 aliphatic carbocycles. The van der Waals surface area contributed by atoms with Gasteiger partial charge in [0, 0.05) is 17.8 Å². The number of carbonyl (C=O) groups is 2. The average Bonchev–Trinajstić information content (AvgIpc) is 2.16. The van der Waals surface area contributed by atoms with Crippen LogP contribution in [0, 0.1) is 10.8 Å². The molecule has 3 saturated carbocycles. The molecule has 6 heteroatoms. The van der Waals surface area contributed by atoms with Crippen LogP contribution in [0.15, 0.2) is 0 Å². The Morgan fingerprint density at radius 2 is 1.44 bits per heavy atom. The van der Waals surface area contributed by atoms with Gasteiger partial charge in [0.2, 0.25) is 0 Å². The maximum Gasteiger partial charge on any atom is 0.259 e. The first-order chi connectivity index (χ1) is 7.26. The summed E-state index contributed by atoms with van der Waals surface area (Å²) in [5.41, 5.74) is -3.73. The van der Waals surface area contributed by atoms with Crippen molar-refractivity contribution < 1.29 is 28.6 Å². The number of hydrogen-bond donors (Lipinski definition) is 0. The minimum Gasteiger partial charge on any atom is -0.550 e. The molecule has 16 heavy (non-hydrogen) atoms. The molecule has 4 nitrogen and oxygen atoms in total. The third-order valence-corrected chi connectivity index (χ3v) is 4.14. The molecular weight excluding hydrogens is 222 g/mol. The fraction of sp³-hybridized carbons (Fsp3) is 0.800. The standard InChI is InChI=1S/C10H12F2O4/c11-10(12)5-8(6(13)14)1-3-9(10,4-2-8)7(15)16/h1-5H2,(H,13,14)(H,15,16)/p-2. The highest BCUT2D eigenvalue weighted by Gasteiger charge is 2.65. The first kappa shape index (κ1) is 11.3. The molecule has 0 radical (unpaired) electrons. The van der Waals surface area contributed by atoms with Crippen LogP contribution in [0.4, 0.5) is 8.78 Å². The van der Waals surface area contributed by atoms with Gasteiger partial charge >= 0.3 is 0 Å². The number of aliphatic carboxylic acids is 2. The number of carboxylic acids is 2. The first-order valence-electron chi connectivity index (χ1n) is 5.07. The normalized spacial score (nSPS) is 40.6. The van der Waals surface area contributed by atoms with E-state index in [2.05, 4.69) is 0 Å². The summed E-state index contributed by atoms with van der Waals surface area (Å²) in [5, 5.41) is 21.8. The van der Waals surface area contributed by atoms with Gasteiger partial charge in [0.15, 0.2) is 0 Å². The van der Waals surface area contributed by atoms with E-state index in [0.717, 1.165) is 0 Å². The third kappa shape index (κ3) is 1.13. The van der Waals surface area contributed by atoms with Crippen molar-refractivity contribution in [1.82, 2.24) is 0 Å². The number of halogens is 2. The Morgan fingerprint density at radius 1 is 0.938 bits per heavy atom. The molecule has 0 aromatic heterocycles. The Kier molecular flexibility index (Phi) is 2.06. The van der Waals surface area contributed by atoms with Crippen molar-refractivity contribution in [3.8, 4) is 0 Å². The Bertz CT molecular complexity index is 356. The molecule has 2 bridgehead atoms. The van der Waals surface area contributed by atoms with Crippen molar-refractivity contribution in [1.29, 1.82) is 0 Å². The van der Waals surface area contributed by atoms with Crippen molar-refractivity contribution in [2.24, 2.45) is 10.8 Å². The van der Waals surface area contributed by atoms with E-state index in [1.165, 1.54) is 0 Å². The van der Waals surface area contributed by atoms with Crippen LogP contribution in [-0.4, -0.2) is 17.9 Å². The van der Waals surface area contributed by atoms with Gasteiger partial charge in [-0.15, -0.1) is 0 Å². The molecule has 0 atom stereocenters. The zero-order chi connectivity index (χ0) is 12.2. The van der Waals surface area contributed by atoms with Crippen LogP contribution < -0.4 is 10.2 Å². The van der Waals surface area contributed by atoms with Crippen LogP contribution in [0.1, 0.15) is 32.1 Å². The minimum absolute atomic E-state index is 0.0705. The fourth-order valence-electron chi connectivity index (χ4n) is 2.92. The second kappa shape index (κ2) is 2.93. The summed E-state index contributed by atoms with van der Waals surface area (Å²) in [6.07, 6.45) is -1.79. The van der Waals surface area contributed by atoms with Crippen LogP contribution in [0.5, 0.6) is 0 Å². The lowest BCUT2D eigenvalue weighted by Gasteiger charge is -2.57. The van der Waals surface area contributed by atoms with E-state index in [1.54, 1.807) is 0 Å². The van der Waals surface area contributed by atoms with Crippen LogP contribution >= 0.6 is 0 Å². The summed E-state index contributed by atoms with van der Waals surface area (Å²) in [6, 6.07) is 0. The van der Waals surface area contributed by atoms with Crippen molar-refractivity contribution in [2.75, 3.05) is 0 Å². The highest BCUT2D eigenvalue weighted by atomic mass is 19.3. The molecule has 0 spiro atoms. The quantitative estimate of drug-likeness (QED) is 0.616. The molecule has 3 aliphatic rings. The number of rotatable bonds is 2. The van der Waals surface area contributed by atoms with E-state index >= 15 is 0 Å². The number of alkyl halides is 2. The summed E-state index contributed by atoms with van der Waals surface area (Å²) >= 11 is 0. The van der Waals surface area contributed by atoms with Crippen LogP contribution in [0.2, 0.25) is 0 Å². The second-order valence-electron chi connectivity index (χ2n) is 4.82. The summed E-state index contributed by atoms with van der Waals surface area (Å²) in [6.45, 7) is 0. The smallest absolute Gasteiger partial charge is 0.259 e. The Hall–Kier alpha value is -1.20. The van der Waals surface area contributed by atoms with Gasteiger partial charge in [-0.1, -0.05) is 0 Å². The van der Waals surface area contributed by atoms with E-state index in [9.17, 15) is 28.6 Å². The largest absolute Gasteiger partial charge is 0.550 e. The molecule has 0 heterocycles. The molecule has 3 rings (SSSR count). The number of carboxylic acid groups (broad SMARTS) is 2. The molecule has 0 saturated heterocycles. The average molecular weight is 232 g/mol. The molecule has 0 unspecified atom stereocenters. The minimum atomic E-state index is -3.53. The predicted molar refractivity (Wildman–Crippen MR) is 42.9 cm³/mol. The van der Waals surface area contributed by atoms with Crippen molar-refractivity contribution in [3.05, 3.63) is 0 Å². The summed E-state index contributed by atoms with van der Waals surface area (Å²) in [4.78, 5) is 21.8. The van der Waals surface area contributed by atoms with E-state index in [1.807, 2.05) is 0 Å². The van der Waals surface area contributed by atoms with Gasteiger partial charge in [0.05, 0.1) is 11.4 Å². The lowest BCUT2D eigenvalue weighted by Crippen LogP contribution is -2.65. The monoisotopic (exact) mass is 232 g/mol. The zero-order valence-electron chi connectivity index (χ0n) is 8.42.